The Labute approximate surface area is 97.7 Å². The molecule has 2 unspecified atom stereocenters. The second-order valence-electron chi connectivity index (χ2n) is 4.16. The lowest BCUT2D eigenvalue weighted by Gasteiger charge is -2.15. The zero-order valence-corrected chi connectivity index (χ0v) is 9.43. The lowest BCUT2D eigenvalue weighted by Crippen LogP contribution is -2.40. The van der Waals surface area contributed by atoms with E-state index in [0.717, 1.165) is 19.3 Å². The van der Waals surface area contributed by atoms with Gasteiger partial charge in [0.25, 0.3) is 0 Å². The zero-order chi connectivity index (χ0) is 12.9. The molecule has 0 heterocycles. The van der Waals surface area contributed by atoms with Gasteiger partial charge >= 0.3 is 6.18 Å². The number of carbonyl (C=O) groups excluding carboxylic acids is 1. The van der Waals surface area contributed by atoms with Crippen LogP contribution in [0.25, 0.3) is 0 Å². The van der Waals surface area contributed by atoms with Crippen molar-refractivity contribution < 1.29 is 22.7 Å². The number of ether oxygens (including phenoxy) is 1. The van der Waals surface area contributed by atoms with Gasteiger partial charge in [-0.05, 0) is 12.8 Å². The van der Waals surface area contributed by atoms with Crippen LogP contribution in [0.2, 0.25) is 0 Å². The van der Waals surface area contributed by atoms with E-state index in [1.165, 1.54) is 0 Å². The van der Waals surface area contributed by atoms with Crippen LogP contribution in [0.1, 0.15) is 19.3 Å². The standard InChI is InChI=1S/C10H17F3N2O2/c11-10(12,13)6-17-5-4-15-9(16)7-2-1-3-8(7)14/h7-8H,1-6,14H2,(H,15,16). The summed E-state index contributed by atoms with van der Waals surface area (Å²) in [6.45, 7) is -1.35. The Kier molecular flexibility index (Phi) is 5.20. The van der Waals surface area contributed by atoms with Gasteiger partial charge in [-0.15, -0.1) is 0 Å². The fraction of sp³-hybridized carbons (Fsp3) is 0.900. The number of alkyl halides is 3. The van der Waals surface area contributed by atoms with Gasteiger partial charge in [0.05, 0.1) is 12.5 Å². The smallest absolute Gasteiger partial charge is 0.370 e. The van der Waals surface area contributed by atoms with E-state index < -0.39 is 12.8 Å². The molecule has 0 aliphatic heterocycles. The van der Waals surface area contributed by atoms with E-state index in [1.54, 1.807) is 0 Å². The van der Waals surface area contributed by atoms with Gasteiger partial charge in [0.1, 0.15) is 6.61 Å². The number of hydrogen-bond acceptors (Lipinski definition) is 3. The van der Waals surface area contributed by atoms with Gasteiger partial charge < -0.3 is 15.8 Å². The largest absolute Gasteiger partial charge is 0.411 e. The summed E-state index contributed by atoms with van der Waals surface area (Å²) in [4.78, 5) is 11.5. The first kappa shape index (κ1) is 14.2. The van der Waals surface area contributed by atoms with Crippen molar-refractivity contribution in [2.75, 3.05) is 19.8 Å². The average Bonchev–Trinajstić information content (AvgIpc) is 2.62. The number of amides is 1. The lowest BCUT2D eigenvalue weighted by molar-refractivity contribution is -0.173. The number of nitrogens with two attached hydrogens (primary N) is 1. The van der Waals surface area contributed by atoms with E-state index in [-0.39, 0.29) is 31.0 Å². The van der Waals surface area contributed by atoms with E-state index in [2.05, 4.69) is 10.1 Å². The molecule has 2 atom stereocenters. The molecule has 0 aromatic carbocycles. The van der Waals surface area contributed by atoms with Crippen molar-refractivity contribution >= 4 is 5.91 Å². The molecule has 0 bridgehead atoms. The summed E-state index contributed by atoms with van der Waals surface area (Å²) >= 11 is 0. The predicted octanol–water partition coefficient (Wildman–Crippen LogP) is 0.809. The molecule has 1 aliphatic carbocycles. The highest BCUT2D eigenvalue weighted by molar-refractivity contribution is 5.79. The van der Waals surface area contributed by atoms with Crippen molar-refractivity contribution in [2.45, 2.75) is 31.5 Å². The van der Waals surface area contributed by atoms with Crippen LogP contribution in [-0.4, -0.2) is 37.9 Å². The molecule has 100 valence electrons. The predicted molar refractivity (Wildman–Crippen MR) is 55.2 cm³/mol. The fourth-order valence-corrected chi connectivity index (χ4v) is 1.88. The van der Waals surface area contributed by atoms with Gasteiger partial charge in [0.15, 0.2) is 0 Å². The summed E-state index contributed by atoms with van der Waals surface area (Å²) in [5.74, 6) is -0.400. The zero-order valence-electron chi connectivity index (χ0n) is 9.43. The SMILES string of the molecule is NC1CCCC1C(=O)NCCOCC(F)(F)F. The van der Waals surface area contributed by atoms with Gasteiger partial charge in [-0.25, -0.2) is 0 Å². The minimum atomic E-state index is -4.32. The lowest BCUT2D eigenvalue weighted by atomic mass is 10.0. The van der Waals surface area contributed by atoms with Crippen LogP contribution < -0.4 is 11.1 Å². The summed E-state index contributed by atoms with van der Waals surface area (Å²) in [6, 6.07) is -0.133. The molecular weight excluding hydrogens is 237 g/mol. The second-order valence-corrected chi connectivity index (χ2v) is 4.16. The van der Waals surface area contributed by atoms with Crippen molar-refractivity contribution in [2.24, 2.45) is 11.7 Å². The van der Waals surface area contributed by atoms with Crippen LogP contribution in [0.5, 0.6) is 0 Å². The van der Waals surface area contributed by atoms with Gasteiger partial charge in [-0.1, -0.05) is 6.42 Å². The molecule has 7 heteroatoms. The Bertz CT molecular complexity index is 258. The molecule has 0 spiro atoms. The van der Waals surface area contributed by atoms with Crippen molar-refractivity contribution in [1.82, 2.24) is 5.32 Å². The Balaban J connectivity index is 2.08. The summed E-state index contributed by atoms with van der Waals surface area (Å²) < 4.78 is 39.5. The quantitative estimate of drug-likeness (QED) is 0.713. The second kappa shape index (κ2) is 6.20. The van der Waals surface area contributed by atoms with E-state index in [4.69, 9.17) is 5.73 Å². The van der Waals surface area contributed by atoms with E-state index >= 15 is 0 Å². The van der Waals surface area contributed by atoms with E-state index in [0.29, 0.717) is 0 Å². The molecule has 4 nitrogen and oxygen atoms in total. The maximum Gasteiger partial charge on any atom is 0.411 e. The van der Waals surface area contributed by atoms with E-state index in [1.807, 2.05) is 0 Å². The normalized spacial score (nSPS) is 24.9. The third-order valence-electron chi connectivity index (χ3n) is 2.72. The number of hydrogen-bond donors (Lipinski definition) is 2. The molecular formula is C10H17F3N2O2. The molecule has 1 aliphatic rings. The summed E-state index contributed by atoms with van der Waals surface area (Å²) in [5, 5.41) is 2.53. The topological polar surface area (TPSA) is 64.4 Å². The van der Waals surface area contributed by atoms with Crippen LogP contribution in [-0.2, 0) is 9.53 Å². The van der Waals surface area contributed by atoms with Crippen molar-refractivity contribution in [3.05, 3.63) is 0 Å². The Morgan fingerprint density at radius 1 is 1.41 bits per heavy atom. The van der Waals surface area contributed by atoms with Gasteiger partial charge in [-0.3, -0.25) is 4.79 Å². The van der Waals surface area contributed by atoms with Crippen molar-refractivity contribution in [3.8, 4) is 0 Å². The Morgan fingerprint density at radius 3 is 2.65 bits per heavy atom. The van der Waals surface area contributed by atoms with Gasteiger partial charge in [0, 0.05) is 12.6 Å². The first-order chi connectivity index (χ1) is 7.90. The highest BCUT2D eigenvalue weighted by Gasteiger charge is 2.30. The third kappa shape index (κ3) is 5.36. The first-order valence-corrected chi connectivity index (χ1v) is 5.58. The minimum Gasteiger partial charge on any atom is -0.370 e. The van der Waals surface area contributed by atoms with Gasteiger partial charge in [-0.2, -0.15) is 13.2 Å². The molecule has 0 aromatic heterocycles. The summed E-state index contributed by atoms with van der Waals surface area (Å²) in [7, 11) is 0. The minimum absolute atomic E-state index is 0.0815. The Hall–Kier alpha value is -0.820. The average molecular weight is 254 g/mol. The van der Waals surface area contributed by atoms with Gasteiger partial charge in [0.2, 0.25) is 5.91 Å². The van der Waals surface area contributed by atoms with Crippen LogP contribution in [0.3, 0.4) is 0 Å². The summed E-state index contributed by atoms with van der Waals surface area (Å²) in [5.41, 5.74) is 5.73. The molecule has 0 saturated heterocycles. The third-order valence-corrected chi connectivity index (χ3v) is 2.72. The fourth-order valence-electron chi connectivity index (χ4n) is 1.88. The molecule has 3 N–H and O–H groups in total. The monoisotopic (exact) mass is 254 g/mol. The van der Waals surface area contributed by atoms with Crippen LogP contribution >= 0.6 is 0 Å². The molecule has 1 saturated carbocycles. The number of nitrogens with one attached hydrogen (secondary N) is 1. The molecule has 17 heavy (non-hydrogen) atoms. The van der Waals surface area contributed by atoms with E-state index in [9.17, 15) is 18.0 Å². The maximum atomic E-state index is 11.7. The number of halogens is 3. The maximum absolute atomic E-state index is 11.7. The van der Waals surface area contributed by atoms with Crippen molar-refractivity contribution in [1.29, 1.82) is 0 Å². The molecule has 0 aromatic rings. The van der Waals surface area contributed by atoms with Crippen LogP contribution in [0.15, 0.2) is 0 Å². The number of rotatable bonds is 5. The highest BCUT2D eigenvalue weighted by atomic mass is 19.4. The molecule has 0 radical (unpaired) electrons. The number of carbonyl (C=O) groups is 1. The van der Waals surface area contributed by atoms with Crippen LogP contribution in [0, 0.1) is 5.92 Å². The molecule has 1 rings (SSSR count). The van der Waals surface area contributed by atoms with Crippen LogP contribution in [0.4, 0.5) is 13.2 Å². The molecule has 1 fully saturated rings. The highest BCUT2D eigenvalue weighted by Crippen LogP contribution is 2.23. The van der Waals surface area contributed by atoms with Crippen molar-refractivity contribution in [3.63, 3.8) is 0 Å². The first-order valence-electron chi connectivity index (χ1n) is 5.58. The molecule has 1 amide bonds. The Morgan fingerprint density at radius 2 is 2.12 bits per heavy atom. The summed E-state index contributed by atoms with van der Waals surface area (Å²) in [6.07, 6.45) is -1.83.